The van der Waals surface area contributed by atoms with E-state index in [9.17, 15) is 13.6 Å². The van der Waals surface area contributed by atoms with Crippen LogP contribution in [0.4, 0.5) is 8.78 Å². The van der Waals surface area contributed by atoms with Crippen molar-refractivity contribution >= 4 is 17.2 Å². The fourth-order valence-electron chi connectivity index (χ4n) is 3.45. The highest BCUT2D eigenvalue weighted by Crippen LogP contribution is 2.44. The van der Waals surface area contributed by atoms with E-state index in [1.807, 2.05) is 6.07 Å². The third kappa shape index (κ3) is 3.03. The molecule has 1 amide bonds. The van der Waals surface area contributed by atoms with Gasteiger partial charge in [0.05, 0.1) is 11.5 Å². The van der Waals surface area contributed by atoms with Gasteiger partial charge in [-0.15, -0.1) is 11.3 Å². The number of thiophene rings is 1. The molecule has 0 fully saturated rings. The molecule has 0 radical (unpaired) electrons. The Morgan fingerprint density at radius 1 is 1.17 bits per heavy atom. The molecular weight excluding hydrogens is 410 g/mol. The standard InChI is InChI=1S/C21H14F2N4O2S/c22-13-2-3-16(15(23)9-13)27-21(25-10-26-27)18-8-11-5-6-29-17-4-1-12(20(24)28)7-14(17)19(11)30-18/h1-4,7-10H,5-6H2,(H2,24,28). The normalized spacial score (nSPS) is 12.6. The van der Waals surface area contributed by atoms with Crippen LogP contribution in [0.2, 0.25) is 0 Å². The minimum Gasteiger partial charge on any atom is -0.493 e. The summed E-state index contributed by atoms with van der Waals surface area (Å²) >= 11 is 1.44. The largest absolute Gasteiger partial charge is 0.493 e. The van der Waals surface area contributed by atoms with E-state index in [-0.39, 0.29) is 5.69 Å². The van der Waals surface area contributed by atoms with Crippen molar-refractivity contribution in [2.75, 3.05) is 6.61 Å². The number of hydrogen-bond acceptors (Lipinski definition) is 5. The lowest BCUT2D eigenvalue weighted by Gasteiger charge is -2.08. The van der Waals surface area contributed by atoms with E-state index in [1.54, 1.807) is 18.2 Å². The summed E-state index contributed by atoms with van der Waals surface area (Å²) in [5.41, 5.74) is 7.72. The molecular formula is C21H14F2N4O2S. The molecule has 3 heterocycles. The lowest BCUT2D eigenvalue weighted by atomic mass is 10.0. The molecule has 0 aliphatic carbocycles. The van der Waals surface area contributed by atoms with Crippen molar-refractivity contribution in [3.63, 3.8) is 0 Å². The number of carbonyl (C=O) groups is 1. The lowest BCUT2D eigenvalue weighted by Crippen LogP contribution is -2.10. The molecule has 0 saturated heterocycles. The van der Waals surface area contributed by atoms with Crippen LogP contribution < -0.4 is 10.5 Å². The lowest BCUT2D eigenvalue weighted by molar-refractivity contribution is 0.100. The molecule has 0 spiro atoms. The van der Waals surface area contributed by atoms with Gasteiger partial charge in [0, 0.05) is 28.5 Å². The van der Waals surface area contributed by atoms with Crippen molar-refractivity contribution in [1.82, 2.24) is 14.8 Å². The van der Waals surface area contributed by atoms with Crippen LogP contribution in [0.25, 0.3) is 26.8 Å². The zero-order valence-electron chi connectivity index (χ0n) is 15.4. The van der Waals surface area contributed by atoms with Gasteiger partial charge in [0.25, 0.3) is 0 Å². The molecule has 0 bridgehead atoms. The van der Waals surface area contributed by atoms with E-state index in [4.69, 9.17) is 10.5 Å². The number of fused-ring (bicyclic) bond motifs is 3. The van der Waals surface area contributed by atoms with Crippen molar-refractivity contribution in [1.29, 1.82) is 0 Å². The molecule has 0 atom stereocenters. The first-order valence-electron chi connectivity index (χ1n) is 9.07. The molecule has 6 nitrogen and oxygen atoms in total. The molecule has 1 aliphatic rings. The minimum absolute atomic E-state index is 0.104. The van der Waals surface area contributed by atoms with Gasteiger partial charge in [0.15, 0.2) is 11.6 Å². The highest BCUT2D eigenvalue weighted by molar-refractivity contribution is 7.19. The fourth-order valence-corrected chi connectivity index (χ4v) is 4.66. The van der Waals surface area contributed by atoms with Crippen molar-refractivity contribution in [3.05, 3.63) is 71.6 Å². The number of nitrogens with two attached hydrogens (primary N) is 1. The molecule has 2 N–H and O–H groups in total. The second-order valence-electron chi connectivity index (χ2n) is 6.73. The van der Waals surface area contributed by atoms with Crippen molar-refractivity contribution < 1.29 is 18.3 Å². The summed E-state index contributed by atoms with van der Waals surface area (Å²) in [6.07, 6.45) is 1.98. The second-order valence-corrected chi connectivity index (χ2v) is 7.78. The summed E-state index contributed by atoms with van der Waals surface area (Å²) in [4.78, 5) is 17.6. The molecule has 5 rings (SSSR count). The maximum atomic E-state index is 14.3. The van der Waals surface area contributed by atoms with Gasteiger partial charge < -0.3 is 10.5 Å². The van der Waals surface area contributed by atoms with Crippen LogP contribution in [0, 0.1) is 11.6 Å². The number of nitrogens with zero attached hydrogens (tertiary/aromatic N) is 3. The van der Waals surface area contributed by atoms with E-state index in [0.717, 1.165) is 26.9 Å². The Labute approximate surface area is 173 Å². The number of hydrogen-bond donors (Lipinski definition) is 1. The van der Waals surface area contributed by atoms with E-state index in [1.165, 1.54) is 34.5 Å². The maximum absolute atomic E-state index is 14.3. The first kappa shape index (κ1) is 18.4. The zero-order valence-corrected chi connectivity index (χ0v) is 16.2. The number of rotatable bonds is 3. The molecule has 30 heavy (non-hydrogen) atoms. The van der Waals surface area contributed by atoms with E-state index >= 15 is 0 Å². The molecule has 0 unspecified atom stereocenters. The molecule has 9 heteroatoms. The van der Waals surface area contributed by atoms with Crippen molar-refractivity contribution in [2.45, 2.75) is 6.42 Å². The monoisotopic (exact) mass is 424 g/mol. The Kier molecular flexibility index (Phi) is 4.32. The highest BCUT2D eigenvalue weighted by atomic mass is 32.1. The van der Waals surface area contributed by atoms with Gasteiger partial charge in [-0.25, -0.2) is 18.4 Å². The van der Waals surface area contributed by atoms with Gasteiger partial charge in [-0.3, -0.25) is 4.79 Å². The summed E-state index contributed by atoms with van der Waals surface area (Å²) in [7, 11) is 0. The van der Waals surface area contributed by atoms with Crippen molar-refractivity contribution in [2.24, 2.45) is 5.73 Å². The summed E-state index contributed by atoms with van der Waals surface area (Å²) < 4.78 is 34.8. The van der Waals surface area contributed by atoms with Crippen LogP contribution >= 0.6 is 11.3 Å². The molecule has 150 valence electrons. The summed E-state index contributed by atoms with van der Waals surface area (Å²) in [6.45, 7) is 0.478. The van der Waals surface area contributed by atoms with Gasteiger partial charge in [-0.2, -0.15) is 5.10 Å². The summed E-state index contributed by atoms with van der Waals surface area (Å²) in [5.74, 6) is -0.815. The van der Waals surface area contributed by atoms with Crippen LogP contribution in [-0.4, -0.2) is 27.3 Å². The topological polar surface area (TPSA) is 83.0 Å². The number of ether oxygens (including phenoxy) is 1. The van der Waals surface area contributed by atoms with Gasteiger partial charge in [-0.1, -0.05) is 0 Å². The van der Waals surface area contributed by atoms with Crippen LogP contribution in [0.1, 0.15) is 15.9 Å². The number of amides is 1. The van der Waals surface area contributed by atoms with E-state index in [2.05, 4.69) is 10.1 Å². The smallest absolute Gasteiger partial charge is 0.248 e. The molecule has 0 saturated carbocycles. The summed E-state index contributed by atoms with van der Waals surface area (Å²) in [5, 5.41) is 4.12. The van der Waals surface area contributed by atoms with Crippen LogP contribution in [0.3, 0.4) is 0 Å². The molecule has 2 aromatic heterocycles. The Morgan fingerprint density at radius 3 is 2.83 bits per heavy atom. The second kappa shape index (κ2) is 7.03. The van der Waals surface area contributed by atoms with Crippen LogP contribution in [0.5, 0.6) is 5.75 Å². The molecule has 2 aromatic carbocycles. The van der Waals surface area contributed by atoms with E-state index in [0.29, 0.717) is 30.2 Å². The van der Waals surface area contributed by atoms with Gasteiger partial charge in [-0.05, 0) is 42.0 Å². The quantitative estimate of drug-likeness (QED) is 0.539. The highest BCUT2D eigenvalue weighted by Gasteiger charge is 2.23. The van der Waals surface area contributed by atoms with E-state index < -0.39 is 17.5 Å². The third-order valence-electron chi connectivity index (χ3n) is 4.85. The predicted molar refractivity (Wildman–Crippen MR) is 108 cm³/mol. The number of carbonyl (C=O) groups excluding carboxylic acids is 1. The predicted octanol–water partition coefficient (Wildman–Crippen LogP) is 3.97. The average molecular weight is 424 g/mol. The maximum Gasteiger partial charge on any atom is 0.248 e. The number of benzene rings is 2. The Balaban J connectivity index is 1.64. The first-order chi connectivity index (χ1) is 14.5. The third-order valence-corrected chi connectivity index (χ3v) is 6.06. The number of primary amides is 1. The molecule has 1 aliphatic heterocycles. The van der Waals surface area contributed by atoms with Gasteiger partial charge in [0.2, 0.25) is 5.91 Å². The molecule has 4 aromatic rings. The fraction of sp³-hybridized carbons (Fsp3) is 0.0952. The van der Waals surface area contributed by atoms with Gasteiger partial charge >= 0.3 is 0 Å². The zero-order chi connectivity index (χ0) is 20.8. The van der Waals surface area contributed by atoms with Crippen LogP contribution in [-0.2, 0) is 6.42 Å². The van der Waals surface area contributed by atoms with Gasteiger partial charge in [0.1, 0.15) is 23.6 Å². The first-order valence-corrected chi connectivity index (χ1v) is 9.88. The van der Waals surface area contributed by atoms with Crippen molar-refractivity contribution in [3.8, 4) is 32.6 Å². The SMILES string of the molecule is NC(=O)c1ccc2c(c1)-c1sc(-c3ncnn3-c3ccc(F)cc3F)cc1CCO2. The Morgan fingerprint density at radius 2 is 2.03 bits per heavy atom. The number of halogens is 2. The Bertz CT molecular complexity index is 1300. The minimum atomic E-state index is -0.732. The average Bonchev–Trinajstić information content (AvgIpc) is 3.32. The summed E-state index contributed by atoms with van der Waals surface area (Å²) in [6, 6.07) is 10.3. The van der Waals surface area contributed by atoms with Crippen LogP contribution in [0.15, 0.2) is 48.8 Å². The Hall–Kier alpha value is -3.59. The number of aromatic nitrogens is 3.